The van der Waals surface area contributed by atoms with Gasteiger partial charge in [0.2, 0.25) is 0 Å². The first-order valence-corrected chi connectivity index (χ1v) is 25.5. The lowest BCUT2D eigenvalue weighted by atomic mass is 9.83. The highest BCUT2D eigenvalue weighted by Gasteiger charge is 2.21. The van der Waals surface area contributed by atoms with Crippen LogP contribution in [0.5, 0.6) is 0 Å². The minimum atomic E-state index is 1.14. The Bertz CT molecular complexity index is 4210. The molecule has 0 atom stereocenters. The molecule has 0 aliphatic rings. The summed E-state index contributed by atoms with van der Waals surface area (Å²) in [4.78, 5) is 0. The molecule has 14 aromatic rings. The highest BCUT2D eigenvalue weighted by atomic mass is 32.1. The van der Waals surface area contributed by atoms with Crippen LogP contribution in [0.2, 0.25) is 0 Å². The first kappa shape index (κ1) is 40.3. The zero-order valence-electron chi connectivity index (χ0n) is 38.8. The quantitative estimate of drug-likeness (QED) is 0.152. The van der Waals surface area contributed by atoms with Crippen LogP contribution in [0.1, 0.15) is 22.3 Å². The van der Waals surface area contributed by atoms with Crippen LogP contribution in [0.3, 0.4) is 0 Å². The number of benzene rings is 11. The molecular weight excluding hydrogens is 871 g/mol. The van der Waals surface area contributed by atoms with Crippen LogP contribution in [-0.2, 0) is 0 Å². The van der Waals surface area contributed by atoms with Gasteiger partial charge >= 0.3 is 0 Å². The summed E-state index contributed by atoms with van der Waals surface area (Å²) in [6.45, 7) is 8.99. The molecule has 0 amide bonds. The van der Waals surface area contributed by atoms with Crippen LogP contribution in [0.15, 0.2) is 200 Å². The van der Waals surface area contributed by atoms with E-state index in [9.17, 15) is 0 Å². The summed E-state index contributed by atoms with van der Waals surface area (Å²) in [5.41, 5.74) is 18.9. The van der Waals surface area contributed by atoms with Crippen molar-refractivity contribution < 1.29 is 0 Å². The van der Waals surface area contributed by atoms with Crippen molar-refractivity contribution in [1.82, 2.24) is 4.57 Å². The van der Waals surface area contributed by atoms with Gasteiger partial charge in [-0.25, -0.2) is 0 Å². The van der Waals surface area contributed by atoms with Crippen LogP contribution in [0.4, 0.5) is 0 Å². The van der Waals surface area contributed by atoms with E-state index < -0.39 is 0 Å². The molecule has 0 bridgehead atoms. The zero-order chi connectivity index (χ0) is 46.1. The lowest BCUT2D eigenvalue weighted by Crippen LogP contribution is -1.96. The second-order valence-electron chi connectivity index (χ2n) is 19.0. The molecular formula is C66H45NS2. The third-order valence-corrected chi connectivity index (χ3v) is 17.5. The molecule has 3 aromatic heterocycles. The van der Waals surface area contributed by atoms with E-state index in [0.717, 1.165) is 5.69 Å². The lowest BCUT2D eigenvalue weighted by molar-refractivity contribution is 1.18. The molecule has 11 aromatic carbocycles. The van der Waals surface area contributed by atoms with E-state index in [1.807, 2.05) is 22.7 Å². The summed E-state index contributed by atoms with van der Waals surface area (Å²) in [7, 11) is 0. The van der Waals surface area contributed by atoms with Crippen molar-refractivity contribution in [3.63, 3.8) is 0 Å². The number of hydrogen-bond acceptors (Lipinski definition) is 2. The highest BCUT2D eigenvalue weighted by Crippen LogP contribution is 2.48. The fourth-order valence-corrected chi connectivity index (χ4v) is 13.8. The van der Waals surface area contributed by atoms with Gasteiger partial charge in [-0.2, -0.15) is 0 Å². The fourth-order valence-electron chi connectivity index (χ4n) is 11.3. The van der Waals surface area contributed by atoms with Gasteiger partial charge in [0.15, 0.2) is 0 Å². The first-order valence-electron chi connectivity index (χ1n) is 23.9. The average molecular weight is 916 g/mol. The Kier molecular flexibility index (Phi) is 8.96. The molecule has 14 rings (SSSR count). The maximum Gasteiger partial charge on any atom is 0.0541 e. The van der Waals surface area contributed by atoms with E-state index in [1.165, 1.54) is 150 Å². The monoisotopic (exact) mass is 915 g/mol. The van der Waals surface area contributed by atoms with Gasteiger partial charge in [0, 0.05) is 56.8 Å². The predicted octanol–water partition coefficient (Wildman–Crippen LogP) is 19.7. The van der Waals surface area contributed by atoms with Crippen molar-refractivity contribution in [2.75, 3.05) is 0 Å². The molecule has 0 aliphatic heterocycles. The molecule has 0 fully saturated rings. The predicted molar refractivity (Wildman–Crippen MR) is 302 cm³/mol. The summed E-state index contributed by atoms with van der Waals surface area (Å²) in [6.07, 6.45) is 0. The van der Waals surface area contributed by atoms with Crippen molar-refractivity contribution in [2.24, 2.45) is 0 Å². The number of aryl methyl sites for hydroxylation is 4. The van der Waals surface area contributed by atoms with Crippen molar-refractivity contribution in [3.05, 3.63) is 222 Å². The van der Waals surface area contributed by atoms with Gasteiger partial charge < -0.3 is 4.57 Å². The Morgan fingerprint density at radius 2 is 0.681 bits per heavy atom. The summed E-state index contributed by atoms with van der Waals surface area (Å²) >= 11 is 3.79. The third-order valence-electron chi connectivity index (χ3n) is 15.0. The van der Waals surface area contributed by atoms with Gasteiger partial charge in [-0.05, 0) is 165 Å². The van der Waals surface area contributed by atoms with E-state index >= 15 is 0 Å². The summed E-state index contributed by atoms with van der Waals surface area (Å²) in [6, 6.07) is 75.6. The highest BCUT2D eigenvalue weighted by molar-refractivity contribution is 7.26. The zero-order valence-corrected chi connectivity index (χ0v) is 40.4. The summed E-state index contributed by atoms with van der Waals surface area (Å²) in [5, 5.41) is 13.0. The Morgan fingerprint density at radius 3 is 1.14 bits per heavy atom. The first-order chi connectivity index (χ1) is 33.9. The second kappa shape index (κ2) is 15.3. The molecule has 0 unspecified atom stereocenters. The molecule has 0 aliphatic carbocycles. The molecule has 0 saturated heterocycles. The van der Waals surface area contributed by atoms with Gasteiger partial charge in [-0.3, -0.25) is 0 Å². The van der Waals surface area contributed by atoms with Gasteiger partial charge in [0.1, 0.15) is 0 Å². The van der Waals surface area contributed by atoms with E-state index in [1.54, 1.807) is 0 Å². The van der Waals surface area contributed by atoms with E-state index in [-0.39, 0.29) is 0 Å². The van der Waals surface area contributed by atoms with E-state index in [4.69, 9.17) is 0 Å². The van der Waals surface area contributed by atoms with E-state index in [0.29, 0.717) is 0 Å². The van der Waals surface area contributed by atoms with Crippen molar-refractivity contribution in [2.45, 2.75) is 27.7 Å². The Labute approximate surface area is 408 Å². The molecule has 0 saturated carbocycles. The summed E-state index contributed by atoms with van der Waals surface area (Å²) in [5.74, 6) is 0. The standard InChI is InChI=1S/C66H45NS2/c1-38-32-55-57(34-40(38)3)64(58-35-41(4)39(2)33-56(58)63(55)42-14-6-5-7-15-42)43-24-28-46(29-25-43)67-59-30-26-44(47-18-12-20-51-49-16-8-10-22-61(49)68-65(47)51)36-53(59)54-37-45(27-31-60(54)67)48-19-13-21-52-50-17-9-11-23-62(50)69-66(48)52/h5-37H,1-4H3. The van der Waals surface area contributed by atoms with Crippen LogP contribution in [0.25, 0.3) is 134 Å². The molecule has 3 heterocycles. The maximum atomic E-state index is 2.48. The molecule has 69 heavy (non-hydrogen) atoms. The molecule has 326 valence electrons. The number of hydrogen-bond donors (Lipinski definition) is 0. The molecule has 0 N–H and O–H groups in total. The van der Waals surface area contributed by atoms with Crippen molar-refractivity contribution in [1.29, 1.82) is 0 Å². The van der Waals surface area contributed by atoms with Crippen LogP contribution in [-0.4, -0.2) is 4.57 Å². The van der Waals surface area contributed by atoms with Crippen LogP contribution < -0.4 is 0 Å². The van der Waals surface area contributed by atoms with Crippen LogP contribution >= 0.6 is 22.7 Å². The van der Waals surface area contributed by atoms with E-state index in [2.05, 4.69) is 232 Å². The largest absolute Gasteiger partial charge is 0.309 e. The molecule has 0 spiro atoms. The lowest BCUT2D eigenvalue weighted by Gasteiger charge is -2.20. The fraction of sp³-hybridized carbons (Fsp3) is 0.0606. The van der Waals surface area contributed by atoms with Gasteiger partial charge in [0.05, 0.1) is 11.0 Å². The Balaban J connectivity index is 0.992. The smallest absolute Gasteiger partial charge is 0.0541 e. The Morgan fingerprint density at radius 1 is 0.290 bits per heavy atom. The minimum absolute atomic E-state index is 1.14. The molecule has 3 heteroatoms. The number of aromatic nitrogens is 1. The van der Waals surface area contributed by atoms with Crippen molar-refractivity contribution >= 4 is 106 Å². The normalized spacial score (nSPS) is 12.1. The SMILES string of the molecule is Cc1cc2c(-c3ccccc3)c3cc(C)c(C)cc3c(-c3ccc(-n4c5ccc(-c6cccc7c6sc6ccccc67)cc5c5cc(-c6cccc7c6sc6ccccc67)ccc54)cc3)c2cc1C. The molecule has 1 nitrogen and oxygen atoms in total. The average Bonchev–Trinajstić information content (AvgIpc) is 4.06. The number of nitrogens with zero attached hydrogens (tertiary/aromatic N) is 1. The van der Waals surface area contributed by atoms with Gasteiger partial charge in [-0.1, -0.05) is 152 Å². The van der Waals surface area contributed by atoms with Gasteiger partial charge in [0.25, 0.3) is 0 Å². The third kappa shape index (κ3) is 6.14. The number of rotatable bonds is 5. The Hall–Kier alpha value is -7.82. The topological polar surface area (TPSA) is 4.93 Å². The number of thiophene rings is 2. The van der Waals surface area contributed by atoms with Gasteiger partial charge in [-0.15, -0.1) is 22.7 Å². The molecule has 0 radical (unpaired) electrons. The minimum Gasteiger partial charge on any atom is -0.309 e. The van der Waals surface area contributed by atoms with Crippen LogP contribution in [0, 0.1) is 27.7 Å². The number of fused-ring (bicyclic) bond motifs is 11. The van der Waals surface area contributed by atoms with Crippen molar-refractivity contribution in [3.8, 4) is 50.2 Å². The summed E-state index contributed by atoms with van der Waals surface area (Å²) < 4.78 is 7.80. The second-order valence-corrected chi connectivity index (χ2v) is 21.1. The maximum absolute atomic E-state index is 2.48.